The van der Waals surface area contributed by atoms with Crippen LogP contribution in [0.5, 0.6) is 0 Å². The highest BCUT2D eigenvalue weighted by Crippen LogP contribution is 2.34. The molecule has 19 heavy (non-hydrogen) atoms. The van der Waals surface area contributed by atoms with Gasteiger partial charge >= 0.3 is 11.9 Å². The van der Waals surface area contributed by atoms with Crippen molar-refractivity contribution < 1.29 is 19.4 Å². The smallest absolute Gasteiger partial charge is 0.306 e. The van der Waals surface area contributed by atoms with Crippen LogP contribution in [0.15, 0.2) is 0 Å². The van der Waals surface area contributed by atoms with Crippen LogP contribution in [-0.4, -0.2) is 22.6 Å². The predicted molar refractivity (Wildman–Crippen MR) is 72.8 cm³/mol. The summed E-state index contributed by atoms with van der Waals surface area (Å²) >= 11 is 0. The first kappa shape index (κ1) is 16.0. The molecule has 4 nitrogen and oxygen atoms in total. The Morgan fingerprint density at radius 1 is 1.11 bits per heavy atom. The molecule has 0 aromatic heterocycles. The van der Waals surface area contributed by atoms with Gasteiger partial charge < -0.3 is 9.84 Å². The molecule has 0 unspecified atom stereocenters. The maximum Gasteiger partial charge on any atom is 0.306 e. The predicted octanol–water partition coefficient (Wildman–Crippen LogP) is 3.53. The molecule has 1 N–H and O–H groups in total. The summed E-state index contributed by atoms with van der Waals surface area (Å²) in [6, 6.07) is 0. The normalized spacial score (nSPS) is 17.2. The second-order valence-electron chi connectivity index (χ2n) is 6.01. The maximum atomic E-state index is 11.8. The Labute approximate surface area is 115 Å². The van der Waals surface area contributed by atoms with Gasteiger partial charge in [-0.2, -0.15) is 0 Å². The van der Waals surface area contributed by atoms with E-state index < -0.39 is 5.97 Å². The highest BCUT2D eigenvalue weighted by molar-refractivity contribution is 5.70. The molecule has 0 amide bonds. The minimum absolute atomic E-state index is 0.124. The fourth-order valence-corrected chi connectivity index (χ4v) is 2.77. The van der Waals surface area contributed by atoms with Crippen molar-refractivity contribution in [1.82, 2.24) is 0 Å². The Hall–Kier alpha value is -1.06. The third kappa shape index (κ3) is 6.08. The second-order valence-corrected chi connectivity index (χ2v) is 6.01. The number of carbonyl (C=O) groups excluding carboxylic acids is 1. The lowest BCUT2D eigenvalue weighted by Crippen LogP contribution is -2.37. The van der Waals surface area contributed by atoms with Gasteiger partial charge in [0.2, 0.25) is 0 Å². The molecule has 4 heteroatoms. The number of esters is 1. The SMILES string of the molecule is CC(C)(OC(=O)CCCCC(=O)O)C1CCCCC1. The van der Waals surface area contributed by atoms with Crippen molar-refractivity contribution in [3.05, 3.63) is 0 Å². The molecule has 1 fully saturated rings. The summed E-state index contributed by atoms with van der Waals surface area (Å²) in [6.07, 6.45) is 7.59. The Morgan fingerprint density at radius 3 is 2.26 bits per heavy atom. The van der Waals surface area contributed by atoms with Gasteiger partial charge in [0.25, 0.3) is 0 Å². The van der Waals surface area contributed by atoms with Gasteiger partial charge in [-0.25, -0.2) is 0 Å². The summed E-state index contributed by atoms with van der Waals surface area (Å²) in [5, 5.41) is 8.52. The van der Waals surface area contributed by atoms with Crippen molar-refractivity contribution >= 4 is 11.9 Å². The van der Waals surface area contributed by atoms with E-state index in [2.05, 4.69) is 0 Å². The largest absolute Gasteiger partial charge is 0.481 e. The van der Waals surface area contributed by atoms with Crippen LogP contribution in [0.1, 0.15) is 71.6 Å². The third-order valence-electron chi connectivity index (χ3n) is 3.99. The summed E-state index contributed by atoms with van der Waals surface area (Å²) < 4.78 is 5.60. The molecular formula is C15H26O4. The van der Waals surface area contributed by atoms with E-state index in [0.717, 1.165) is 12.8 Å². The lowest BCUT2D eigenvalue weighted by molar-refractivity contribution is -0.163. The molecule has 0 aromatic carbocycles. The van der Waals surface area contributed by atoms with Gasteiger partial charge in [0.1, 0.15) is 5.60 Å². The van der Waals surface area contributed by atoms with Crippen LogP contribution in [0.2, 0.25) is 0 Å². The molecule has 0 aromatic rings. The van der Waals surface area contributed by atoms with Crippen LogP contribution >= 0.6 is 0 Å². The van der Waals surface area contributed by atoms with Gasteiger partial charge in [0, 0.05) is 12.8 Å². The highest BCUT2D eigenvalue weighted by atomic mass is 16.6. The third-order valence-corrected chi connectivity index (χ3v) is 3.99. The van der Waals surface area contributed by atoms with E-state index >= 15 is 0 Å². The molecule has 1 aliphatic carbocycles. The number of carbonyl (C=O) groups is 2. The molecule has 0 aliphatic heterocycles. The molecule has 0 bridgehead atoms. The van der Waals surface area contributed by atoms with Crippen molar-refractivity contribution in [3.8, 4) is 0 Å². The van der Waals surface area contributed by atoms with Crippen molar-refractivity contribution in [2.75, 3.05) is 0 Å². The van der Waals surface area contributed by atoms with Crippen molar-refractivity contribution in [3.63, 3.8) is 0 Å². The number of unbranched alkanes of at least 4 members (excludes halogenated alkanes) is 1. The van der Waals surface area contributed by atoms with E-state index in [9.17, 15) is 9.59 Å². The number of ether oxygens (including phenoxy) is 1. The highest BCUT2D eigenvalue weighted by Gasteiger charge is 2.33. The first-order valence-corrected chi connectivity index (χ1v) is 7.35. The fourth-order valence-electron chi connectivity index (χ4n) is 2.77. The van der Waals surface area contributed by atoms with E-state index in [1.165, 1.54) is 19.3 Å². The molecule has 0 spiro atoms. The standard InChI is InChI=1S/C15H26O4/c1-15(2,12-8-4-3-5-9-12)19-14(18)11-7-6-10-13(16)17/h12H,3-11H2,1-2H3,(H,16,17). The topological polar surface area (TPSA) is 63.6 Å². The zero-order valence-electron chi connectivity index (χ0n) is 12.1. The Bertz CT molecular complexity index is 303. The zero-order valence-corrected chi connectivity index (χ0v) is 12.1. The van der Waals surface area contributed by atoms with E-state index in [0.29, 0.717) is 25.2 Å². The number of carboxylic acid groups (broad SMARTS) is 1. The van der Waals surface area contributed by atoms with Crippen LogP contribution in [-0.2, 0) is 14.3 Å². The molecule has 0 atom stereocenters. The number of hydrogen-bond donors (Lipinski definition) is 1. The van der Waals surface area contributed by atoms with E-state index in [1.54, 1.807) is 0 Å². The molecule has 110 valence electrons. The van der Waals surface area contributed by atoms with Gasteiger partial charge in [0.15, 0.2) is 0 Å². The van der Waals surface area contributed by atoms with Gasteiger partial charge in [-0.1, -0.05) is 19.3 Å². The van der Waals surface area contributed by atoms with Crippen molar-refractivity contribution in [2.24, 2.45) is 5.92 Å². The Morgan fingerprint density at radius 2 is 1.68 bits per heavy atom. The van der Waals surface area contributed by atoms with E-state index in [-0.39, 0.29) is 18.0 Å². The molecule has 1 aliphatic rings. The minimum Gasteiger partial charge on any atom is -0.481 e. The molecule has 0 saturated heterocycles. The van der Waals surface area contributed by atoms with Gasteiger partial charge in [-0.3, -0.25) is 9.59 Å². The average molecular weight is 270 g/mol. The maximum absolute atomic E-state index is 11.8. The van der Waals surface area contributed by atoms with Crippen LogP contribution in [0, 0.1) is 5.92 Å². The Kier molecular flexibility index (Phi) is 6.32. The van der Waals surface area contributed by atoms with Crippen molar-refractivity contribution in [2.45, 2.75) is 77.2 Å². The number of aliphatic carboxylic acids is 1. The monoisotopic (exact) mass is 270 g/mol. The number of rotatable bonds is 7. The first-order chi connectivity index (χ1) is 8.92. The zero-order chi connectivity index (χ0) is 14.3. The van der Waals surface area contributed by atoms with Crippen LogP contribution in [0.25, 0.3) is 0 Å². The molecule has 1 rings (SSSR count). The van der Waals surface area contributed by atoms with Crippen LogP contribution < -0.4 is 0 Å². The lowest BCUT2D eigenvalue weighted by atomic mass is 9.79. The fraction of sp³-hybridized carbons (Fsp3) is 0.867. The van der Waals surface area contributed by atoms with Crippen LogP contribution in [0.4, 0.5) is 0 Å². The average Bonchev–Trinajstić information content (AvgIpc) is 2.35. The number of hydrogen-bond acceptors (Lipinski definition) is 3. The summed E-state index contributed by atoms with van der Waals surface area (Å²) in [4.78, 5) is 22.1. The summed E-state index contributed by atoms with van der Waals surface area (Å²) in [6.45, 7) is 4.00. The van der Waals surface area contributed by atoms with Gasteiger partial charge in [0.05, 0.1) is 0 Å². The molecular weight excluding hydrogens is 244 g/mol. The molecule has 0 radical (unpaired) electrons. The summed E-state index contributed by atoms with van der Waals surface area (Å²) in [5.41, 5.74) is -0.385. The molecule has 1 saturated carbocycles. The lowest BCUT2D eigenvalue weighted by Gasteiger charge is -2.36. The van der Waals surface area contributed by atoms with E-state index in [1.807, 2.05) is 13.8 Å². The first-order valence-electron chi connectivity index (χ1n) is 7.35. The van der Waals surface area contributed by atoms with Crippen molar-refractivity contribution in [1.29, 1.82) is 0 Å². The molecule has 0 heterocycles. The minimum atomic E-state index is -0.809. The van der Waals surface area contributed by atoms with Crippen LogP contribution in [0.3, 0.4) is 0 Å². The quantitative estimate of drug-likeness (QED) is 0.567. The summed E-state index contributed by atoms with van der Waals surface area (Å²) in [5.74, 6) is -0.541. The summed E-state index contributed by atoms with van der Waals surface area (Å²) in [7, 11) is 0. The number of carboxylic acids is 1. The Balaban J connectivity index is 2.27. The van der Waals surface area contributed by atoms with E-state index in [4.69, 9.17) is 9.84 Å². The van der Waals surface area contributed by atoms with Gasteiger partial charge in [-0.05, 0) is 45.4 Å². The second kappa shape index (κ2) is 7.51. The van der Waals surface area contributed by atoms with Gasteiger partial charge in [-0.15, -0.1) is 0 Å².